The molecule has 0 fully saturated rings. The molecule has 26 heavy (non-hydrogen) atoms. The van der Waals surface area contributed by atoms with Crippen molar-refractivity contribution in [2.75, 3.05) is 6.61 Å². The molecule has 0 radical (unpaired) electrons. The Morgan fingerprint density at radius 1 is 1.08 bits per heavy atom. The average Bonchev–Trinajstić information content (AvgIpc) is 2.98. The molecule has 0 aliphatic rings. The van der Waals surface area contributed by atoms with E-state index in [9.17, 15) is 4.79 Å². The smallest absolute Gasteiger partial charge is 0.307 e. The van der Waals surface area contributed by atoms with Crippen molar-refractivity contribution in [1.29, 1.82) is 0 Å². The summed E-state index contributed by atoms with van der Waals surface area (Å²) in [7, 11) is 0. The Hall–Kier alpha value is -2.62. The zero-order valence-corrected chi connectivity index (χ0v) is 16.0. The highest BCUT2D eigenvalue weighted by atomic mass is 16.5. The normalized spacial score (nSPS) is 11.7. The third-order valence-corrected chi connectivity index (χ3v) is 4.51. The molecular formula is C22H26N2O2. The lowest BCUT2D eigenvalue weighted by Crippen LogP contribution is -2.11. The van der Waals surface area contributed by atoms with Crippen LogP contribution in [0.15, 0.2) is 48.5 Å². The van der Waals surface area contributed by atoms with Crippen molar-refractivity contribution in [2.45, 2.75) is 46.1 Å². The highest BCUT2D eigenvalue weighted by Gasteiger charge is 2.16. The minimum atomic E-state index is -0.181. The van der Waals surface area contributed by atoms with E-state index >= 15 is 0 Å². The lowest BCUT2D eigenvalue weighted by Gasteiger charge is -2.19. The van der Waals surface area contributed by atoms with Crippen molar-refractivity contribution >= 4 is 17.0 Å². The Balaban J connectivity index is 1.99. The molecule has 0 amide bonds. The Morgan fingerprint density at radius 3 is 2.42 bits per heavy atom. The first-order chi connectivity index (χ1) is 12.4. The minimum absolute atomic E-state index is 0.114. The van der Waals surface area contributed by atoms with Crippen molar-refractivity contribution in [3.63, 3.8) is 0 Å². The zero-order valence-electron chi connectivity index (χ0n) is 16.0. The number of hydrogen-bond acceptors (Lipinski definition) is 3. The largest absolute Gasteiger partial charge is 0.466 e. The van der Waals surface area contributed by atoms with Gasteiger partial charge in [0.2, 0.25) is 0 Å². The summed E-state index contributed by atoms with van der Waals surface area (Å²) in [5, 5.41) is 0. The second-order valence-corrected chi connectivity index (χ2v) is 7.46. The summed E-state index contributed by atoms with van der Waals surface area (Å²) in [5.74, 6) is 0.704. The second-order valence-electron chi connectivity index (χ2n) is 7.46. The summed E-state index contributed by atoms with van der Waals surface area (Å²) in [6.07, 6.45) is 0.335. The van der Waals surface area contributed by atoms with Crippen LogP contribution in [-0.2, 0) is 21.5 Å². The summed E-state index contributed by atoms with van der Waals surface area (Å²) in [4.78, 5) is 16.6. The molecule has 0 bridgehead atoms. The molecule has 3 rings (SSSR count). The predicted molar refractivity (Wildman–Crippen MR) is 105 cm³/mol. The molecule has 4 nitrogen and oxygen atoms in total. The van der Waals surface area contributed by atoms with Gasteiger partial charge in [-0.05, 0) is 30.0 Å². The molecule has 0 spiro atoms. The van der Waals surface area contributed by atoms with Gasteiger partial charge in [-0.25, -0.2) is 4.98 Å². The standard InChI is InChI=1S/C22H26N2O2/c1-5-26-20(25)14-15-24-19-9-7-6-8-18(19)23-21(24)16-10-12-17(13-11-16)22(2,3)4/h6-13H,5,14-15H2,1-4H3. The van der Waals surface area contributed by atoms with Gasteiger partial charge >= 0.3 is 5.97 Å². The second kappa shape index (κ2) is 7.32. The fourth-order valence-electron chi connectivity index (χ4n) is 3.08. The Bertz CT molecular complexity index is 902. The monoisotopic (exact) mass is 350 g/mol. The van der Waals surface area contributed by atoms with Crippen LogP contribution in [0.4, 0.5) is 0 Å². The van der Waals surface area contributed by atoms with Crippen molar-refractivity contribution in [3.05, 3.63) is 54.1 Å². The molecule has 0 saturated carbocycles. The van der Waals surface area contributed by atoms with Gasteiger partial charge in [0.05, 0.1) is 24.1 Å². The van der Waals surface area contributed by atoms with Crippen molar-refractivity contribution in [1.82, 2.24) is 9.55 Å². The van der Waals surface area contributed by atoms with Crippen molar-refractivity contribution in [2.24, 2.45) is 0 Å². The molecule has 0 unspecified atom stereocenters. The van der Waals surface area contributed by atoms with Gasteiger partial charge in [0.25, 0.3) is 0 Å². The number of esters is 1. The number of aromatic nitrogens is 2. The van der Waals surface area contributed by atoms with Crippen LogP contribution in [-0.4, -0.2) is 22.1 Å². The maximum absolute atomic E-state index is 11.8. The highest BCUT2D eigenvalue weighted by molar-refractivity contribution is 5.81. The molecular weight excluding hydrogens is 324 g/mol. The molecule has 1 aromatic heterocycles. The first-order valence-electron chi connectivity index (χ1n) is 9.12. The van der Waals surface area contributed by atoms with E-state index in [0.29, 0.717) is 19.6 Å². The molecule has 1 heterocycles. The van der Waals surface area contributed by atoms with E-state index in [0.717, 1.165) is 22.4 Å². The zero-order chi connectivity index (χ0) is 18.7. The molecule has 0 atom stereocenters. The minimum Gasteiger partial charge on any atom is -0.466 e. The fraction of sp³-hybridized carbons (Fsp3) is 0.364. The number of hydrogen-bond donors (Lipinski definition) is 0. The number of carbonyl (C=O) groups is 1. The SMILES string of the molecule is CCOC(=O)CCn1c(-c2ccc(C(C)(C)C)cc2)nc2ccccc21. The quantitative estimate of drug-likeness (QED) is 0.611. The lowest BCUT2D eigenvalue weighted by molar-refractivity contribution is -0.143. The van der Waals surface area contributed by atoms with Crippen LogP contribution in [0.1, 0.15) is 39.7 Å². The number of carbonyl (C=O) groups excluding carboxylic acids is 1. The number of benzene rings is 2. The van der Waals surface area contributed by atoms with E-state index in [2.05, 4.69) is 49.6 Å². The maximum Gasteiger partial charge on any atom is 0.307 e. The predicted octanol–water partition coefficient (Wildman–Crippen LogP) is 4.95. The van der Waals surface area contributed by atoms with E-state index in [4.69, 9.17) is 9.72 Å². The molecule has 0 N–H and O–H groups in total. The van der Waals surface area contributed by atoms with E-state index in [1.807, 2.05) is 31.2 Å². The first-order valence-corrected chi connectivity index (χ1v) is 9.12. The Morgan fingerprint density at radius 2 is 1.77 bits per heavy atom. The number of ether oxygens (including phenoxy) is 1. The summed E-state index contributed by atoms with van der Waals surface area (Å²) in [6, 6.07) is 16.6. The van der Waals surface area contributed by atoms with Crippen molar-refractivity contribution < 1.29 is 9.53 Å². The molecule has 136 valence electrons. The van der Waals surface area contributed by atoms with Gasteiger partial charge in [-0.15, -0.1) is 0 Å². The number of imidazole rings is 1. The highest BCUT2D eigenvalue weighted by Crippen LogP contribution is 2.28. The van der Waals surface area contributed by atoms with Gasteiger partial charge < -0.3 is 9.30 Å². The van der Waals surface area contributed by atoms with Gasteiger partial charge in [-0.2, -0.15) is 0 Å². The summed E-state index contributed by atoms with van der Waals surface area (Å²) in [5.41, 5.74) is 4.43. The molecule has 3 aromatic rings. The van der Waals surface area contributed by atoms with Gasteiger partial charge in [-0.3, -0.25) is 4.79 Å². The molecule has 0 aliphatic carbocycles. The number of rotatable bonds is 5. The van der Waals surface area contributed by atoms with Crippen LogP contribution in [0.3, 0.4) is 0 Å². The first kappa shape index (κ1) is 18.2. The van der Waals surface area contributed by atoms with E-state index in [1.165, 1.54) is 5.56 Å². The van der Waals surface area contributed by atoms with Crippen LogP contribution >= 0.6 is 0 Å². The van der Waals surface area contributed by atoms with Crippen LogP contribution in [0.2, 0.25) is 0 Å². The molecule has 4 heteroatoms. The van der Waals surface area contributed by atoms with Crippen LogP contribution in [0.5, 0.6) is 0 Å². The van der Waals surface area contributed by atoms with E-state index < -0.39 is 0 Å². The van der Waals surface area contributed by atoms with E-state index in [1.54, 1.807) is 0 Å². The summed E-state index contributed by atoms with van der Waals surface area (Å²) in [6.45, 7) is 9.40. The molecule has 2 aromatic carbocycles. The van der Waals surface area contributed by atoms with Gasteiger partial charge in [0.1, 0.15) is 5.82 Å². The number of nitrogens with zero attached hydrogens (tertiary/aromatic N) is 2. The summed E-state index contributed by atoms with van der Waals surface area (Å²) >= 11 is 0. The Labute approximate surface area is 154 Å². The number of para-hydroxylation sites is 2. The Kier molecular flexibility index (Phi) is 5.12. The van der Waals surface area contributed by atoms with Crippen LogP contribution in [0.25, 0.3) is 22.4 Å². The molecule has 0 saturated heterocycles. The average molecular weight is 350 g/mol. The van der Waals surface area contributed by atoms with Crippen molar-refractivity contribution in [3.8, 4) is 11.4 Å². The summed E-state index contributed by atoms with van der Waals surface area (Å²) < 4.78 is 7.19. The topological polar surface area (TPSA) is 44.1 Å². The number of aryl methyl sites for hydroxylation is 1. The van der Waals surface area contributed by atoms with Gasteiger partial charge in [0, 0.05) is 12.1 Å². The van der Waals surface area contributed by atoms with Gasteiger partial charge in [-0.1, -0.05) is 57.2 Å². The van der Waals surface area contributed by atoms with Gasteiger partial charge in [0.15, 0.2) is 0 Å². The molecule has 0 aliphatic heterocycles. The third-order valence-electron chi connectivity index (χ3n) is 4.51. The van der Waals surface area contributed by atoms with E-state index in [-0.39, 0.29) is 11.4 Å². The third kappa shape index (κ3) is 3.79. The maximum atomic E-state index is 11.8. The lowest BCUT2D eigenvalue weighted by atomic mass is 9.87. The van der Waals surface area contributed by atoms with Crippen LogP contribution in [0, 0.1) is 0 Å². The number of fused-ring (bicyclic) bond motifs is 1. The fourth-order valence-corrected chi connectivity index (χ4v) is 3.08. The van der Waals surface area contributed by atoms with Crippen LogP contribution < -0.4 is 0 Å².